The summed E-state index contributed by atoms with van der Waals surface area (Å²) in [6.45, 7) is 3.82. The van der Waals surface area contributed by atoms with E-state index >= 15 is 0 Å². The molecular formula is C28H36N2O3. The highest BCUT2D eigenvalue weighted by Gasteiger charge is 2.48. The highest BCUT2D eigenvalue weighted by molar-refractivity contribution is 5.80. The molecular weight excluding hydrogens is 412 g/mol. The van der Waals surface area contributed by atoms with E-state index in [4.69, 9.17) is 9.47 Å². The summed E-state index contributed by atoms with van der Waals surface area (Å²) in [5.74, 6) is 3.29. The van der Waals surface area contributed by atoms with E-state index in [0.29, 0.717) is 23.8 Å². The maximum absolute atomic E-state index is 13.5. The van der Waals surface area contributed by atoms with E-state index in [2.05, 4.69) is 52.3 Å². The van der Waals surface area contributed by atoms with Gasteiger partial charge in [0.05, 0.1) is 14.2 Å². The molecule has 2 aromatic carbocycles. The molecule has 5 rings (SSSR count). The fourth-order valence-electron chi connectivity index (χ4n) is 6.34. The topological polar surface area (TPSA) is 42.0 Å². The first-order chi connectivity index (χ1) is 16.2. The predicted octanol–water partition coefficient (Wildman–Crippen LogP) is 4.71. The summed E-state index contributed by atoms with van der Waals surface area (Å²) < 4.78 is 10.8. The Bertz CT molecular complexity index is 954. The van der Waals surface area contributed by atoms with Gasteiger partial charge in [-0.25, -0.2) is 0 Å². The average molecular weight is 449 g/mol. The molecule has 5 nitrogen and oxygen atoms in total. The first kappa shape index (κ1) is 22.3. The number of hydrogen-bond donors (Lipinski definition) is 0. The van der Waals surface area contributed by atoms with E-state index in [1.54, 1.807) is 14.2 Å². The van der Waals surface area contributed by atoms with Crippen molar-refractivity contribution in [3.05, 3.63) is 59.7 Å². The number of nitrogens with zero attached hydrogens (tertiary/aromatic N) is 2. The molecule has 176 valence electrons. The van der Waals surface area contributed by atoms with Crippen LogP contribution in [0.4, 0.5) is 0 Å². The largest absolute Gasteiger partial charge is 0.497 e. The Morgan fingerprint density at radius 1 is 0.939 bits per heavy atom. The SMILES string of the molecule is COc1ccc([C@H]2CN(C(=O)C3CCCC3)[C@@H]3CCN(Cc4cccc(OC)c4)C[C@H]23)cc1. The quantitative estimate of drug-likeness (QED) is 0.642. The van der Waals surface area contributed by atoms with Crippen molar-refractivity contribution in [2.75, 3.05) is 33.9 Å². The summed E-state index contributed by atoms with van der Waals surface area (Å²) in [4.78, 5) is 18.3. The number of fused-ring (bicyclic) bond motifs is 1. The summed E-state index contributed by atoms with van der Waals surface area (Å²) in [5, 5.41) is 0. The Labute approximate surface area is 197 Å². The monoisotopic (exact) mass is 448 g/mol. The van der Waals surface area contributed by atoms with Gasteiger partial charge in [-0.05, 0) is 54.7 Å². The molecule has 1 aliphatic carbocycles. The lowest BCUT2D eigenvalue weighted by Crippen LogP contribution is -2.48. The maximum Gasteiger partial charge on any atom is 0.225 e. The van der Waals surface area contributed by atoms with Gasteiger partial charge >= 0.3 is 0 Å². The van der Waals surface area contributed by atoms with Gasteiger partial charge in [0.2, 0.25) is 5.91 Å². The van der Waals surface area contributed by atoms with Crippen molar-refractivity contribution in [1.29, 1.82) is 0 Å². The molecule has 1 amide bonds. The normalized spacial score (nSPS) is 25.8. The van der Waals surface area contributed by atoms with Crippen molar-refractivity contribution in [3.63, 3.8) is 0 Å². The molecule has 0 aromatic heterocycles. The van der Waals surface area contributed by atoms with Crippen LogP contribution in [0.2, 0.25) is 0 Å². The Balaban J connectivity index is 1.37. The van der Waals surface area contributed by atoms with Crippen LogP contribution in [0.1, 0.15) is 49.1 Å². The highest BCUT2D eigenvalue weighted by atomic mass is 16.5. The van der Waals surface area contributed by atoms with Crippen LogP contribution in [-0.2, 0) is 11.3 Å². The van der Waals surface area contributed by atoms with Crippen LogP contribution in [0, 0.1) is 11.8 Å². The zero-order chi connectivity index (χ0) is 22.8. The molecule has 33 heavy (non-hydrogen) atoms. The molecule has 2 saturated heterocycles. The minimum Gasteiger partial charge on any atom is -0.497 e. The second kappa shape index (κ2) is 9.76. The Kier molecular flexibility index (Phi) is 6.59. The molecule has 3 aliphatic rings. The summed E-state index contributed by atoms with van der Waals surface area (Å²) in [6.07, 6.45) is 5.60. The molecule has 2 aliphatic heterocycles. The molecule has 0 spiro atoms. The van der Waals surface area contributed by atoms with Gasteiger partial charge in [0, 0.05) is 50.0 Å². The number of rotatable bonds is 6. The minimum atomic E-state index is 0.245. The third-order valence-corrected chi connectivity index (χ3v) is 8.09. The lowest BCUT2D eigenvalue weighted by molar-refractivity contribution is -0.137. The van der Waals surface area contributed by atoms with Crippen molar-refractivity contribution < 1.29 is 14.3 Å². The maximum atomic E-state index is 13.5. The van der Waals surface area contributed by atoms with Gasteiger partial charge in [-0.1, -0.05) is 37.1 Å². The van der Waals surface area contributed by atoms with Crippen LogP contribution < -0.4 is 9.47 Å². The first-order valence-electron chi connectivity index (χ1n) is 12.5. The summed E-state index contributed by atoms with van der Waals surface area (Å²) in [7, 11) is 3.43. The van der Waals surface area contributed by atoms with Crippen molar-refractivity contribution in [1.82, 2.24) is 9.80 Å². The number of amides is 1. The fourth-order valence-corrected chi connectivity index (χ4v) is 6.34. The van der Waals surface area contributed by atoms with E-state index in [1.165, 1.54) is 24.0 Å². The fraction of sp³-hybridized carbons (Fsp3) is 0.536. The molecule has 3 fully saturated rings. The zero-order valence-corrected chi connectivity index (χ0v) is 19.9. The molecule has 0 unspecified atom stereocenters. The summed E-state index contributed by atoms with van der Waals surface area (Å²) in [6, 6.07) is 17.3. The second-order valence-electron chi connectivity index (χ2n) is 9.96. The third-order valence-electron chi connectivity index (χ3n) is 8.09. The van der Waals surface area contributed by atoms with E-state index in [0.717, 1.165) is 56.9 Å². The molecule has 2 aromatic rings. The molecule has 0 N–H and O–H groups in total. The van der Waals surface area contributed by atoms with Crippen LogP contribution >= 0.6 is 0 Å². The van der Waals surface area contributed by atoms with Crippen LogP contribution in [-0.4, -0.2) is 55.6 Å². The number of hydrogen-bond acceptors (Lipinski definition) is 4. The van der Waals surface area contributed by atoms with Crippen LogP contribution in [0.3, 0.4) is 0 Å². The van der Waals surface area contributed by atoms with Crippen molar-refractivity contribution in [2.45, 2.75) is 50.6 Å². The first-order valence-corrected chi connectivity index (χ1v) is 12.5. The van der Waals surface area contributed by atoms with Crippen LogP contribution in [0.15, 0.2) is 48.5 Å². The number of piperidine rings is 1. The standard InChI is InChI=1S/C28H36N2O3/c1-32-23-12-10-21(11-13-23)25-19-30(28(31)22-7-3-4-8-22)27-14-15-29(18-26(25)27)17-20-6-5-9-24(16-20)33-2/h5-6,9-13,16,22,25-27H,3-4,7-8,14-15,17-19H2,1-2H3/t25-,26-,27-/m1/s1. The van der Waals surface area contributed by atoms with Gasteiger partial charge < -0.3 is 14.4 Å². The third kappa shape index (κ3) is 4.61. The molecule has 5 heteroatoms. The zero-order valence-electron chi connectivity index (χ0n) is 19.9. The average Bonchev–Trinajstić information content (AvgIpc) is 3.52. The number of carbonyl (C=O) groups is 1. The van der Waals surface area contributed by atoms with Gasteiger partial charge in [0.15, 0.2) is 0 Å². The summed E-state index contributed by atoms with van der Waals surface area (Å²) in [5.41, 5.74) is 2.61. The minimum absolute atomic E-state index is 0.245. The molecule has 3 atom stereocenters. The second-order valence-corrected chi connectivity index (χ2v) is 9.96. The van der Waals surface area contributed by atoms with Gasteiger partial charge in [0.25, 0.3) is 0 Å². The highest BCUT2D eigenvalue weighted by Crippen LogP contribution is 2.43. The molecule has 0 radical (unpaired) electrons. The molecule has 2 heterocycles. The van der Waals surface area contributed by atoms with Gasteiger partial charge in [-0.15, -0.1) is 0 Å². The number of ether oxygens (including phenoxy) is 2. The Morgan fingerprint density at radius 2 is 1.70 bits per heavy atom. The van der Waals surface area contributed by atoms with E-state index < -0.39 is 0 Å². The van der Waals surface area contributed by atoms with Crippen molar-refractivity contribution >= 4 is 5.91 Å². The number of likely N-dealkylation sites (tertiary alicyclic amines) is 2. The lowest BCUT2D eigenvalue weighted by Gasteiger charge is -2.39. The number of methoxy groups -OCH3 is 2. The predicted molar refractivity (Wildman–Crippen MR) is 130 cm³/mol. The van der Waals surface area contributed by atoms with Crippen LogP contribution in [0.5, 0.6) is 11.5 Å². The van der Waals surface area contributed by atoms with Crippen molar-refractivity contribution in [3.8, 4) is 11.5 Å². The van der Waals surface area contributed by atoms with Gasteiger partial charge in [-0.2, -0.15) is 0 Å². The lowest BCUT2D eigenvalue weighted by atomic mass is 9.81. The van der Waals surface area contributed by atoms with E-state index in [1.807, 2.05) is 6.07 Å². The molecule has 0 bridgehead atoms. The Morgan fingerprint density at radius 3 is 2.42 bits per heavy atom. The van der Waals surface area contributed by atoms with E-state index in [9.17, 15) is 4.79 Å². The van der Waals surface area contributed by atoms with Crippen molar-refractivity contribution in [2.24, 2.45) is 11.8 Å². The van der Waals surface area contributed by atoms with Crippen LogP contribution in [0.25, 0.3) is 0 Å². The summed E-state index contributed by atoms with van der Waals surface area (Å²) >= 11 is 0. The number of benzene rings is 2. The number of carbonyl (C=O) groups excluding carboxylic acids is 1. The van der Waals surface area contributed by atoms with Gasteiger partial charge in [0.1, 0.15) is 11.5 Å². The molecule has 1 saturated carbocycles. The smallest absolute Gasteiger partial charge is 0.225 e. The Hall–Kier alpha value is -2.53. The van der Waals surface area contributed by atoms with Gasteiger partial charge in [-0.3, -0.25) is 9.69 Å². The van der Waals surface area contributed by atoms with E-state index in [-0.39, 0.29) is 5.92 Å².